The Hall–Kier alpha value is -0.770. The van der Waals surface area contributed by atoms with Gasteiger partial charge in [-0.05, 0) is 18.9 Å². The molecule has 0 aliphatic heterocycles. The first kappa shape index (κ1) is 10.3. The Balaban J connectivity index is 2.62. The predicted molar refractivity (Wildman–Crippen MR) is 55.4 cm³/mol. The molecular formula is C9H12BrNO2. The number of nitrogens with zero attached hydrogens (tertiary/aromatic N) is 1. The Morgan fingerprint density at radius 1 is 1.46 bits per heavy atom. The standard InChI is InChI=1S/C9H12BrNO2/c10-4-1-2-5-11-6-3-8(12)7-9(11)13/h3,6-7,12H,1-2,4-5H2. The maximum atomic E-state index is 11.2. The highest BCUT2D eigenvalue weighted by molar-refractivity contribution is 9.09. The van der Waals surface area contributed by atoms with Gasteiger partial charge in [-0.15, -0.1) is 0 Å². The van der Waals surface area contributed by atoms with E-state index in [0.717, 1.165) is 18.2 Å². The van der Waals surface area contributed by atoms with Gasteiger partial charge in [0.05, 0.1) is 0 Å². The van der Waals surface area contributed by atoms with Crippen LogP contribution in [0.15, 0.2) is 23.1 Å². The summed E-state index contributed by atoms with van der Waals surface area (Å²) >= 11 is 3.33. The van der Waals surface area contributed by atoms with Crippen molar-refractivity contribution in [2.45, 2.75) is 19.4 Å². The molecule has 1 aromatic rings. The second-order valence-electron chi connectivity index (χ2n) is 2.81. The SMILES string of the molecule is O=c1cc(O)ccn1CCCCBr. The highest BCUT2D eigenvalue weighted by Crippen LogP contribution is 2.02. The molecule has 1 heterocycles. The number of aromatic nitrogens is 1. The second kappa shape index (κ2) is 5.07. The third kappa shape index (κ3) is 3.22. The molecule has 0 bridgehead atoms. The van der Waals surface area contributed by atoms with Gasteiger partial charge in [0.2, 0.25) is 0 Å². The summed E-state index contributed by atoms with van der Waals surface area (Å²) in [5.41, 5.74) is -0.144. The Morgan fingerprint density at radius 2 is 2.23 bits per heavy atom. The van der Waals surface area contributed by atoms with Crippen molar-refractivity contribution in [2.24, 2.45) is 0 Å². The van der Waals surface area contributed by atoms with Crippen LogP contribution in [0.3, 0.4) is 0 Å². The van der Waals surface area contributed by atoms with Crippen LogP contribution in [-0.4, -0.2) is 15.0 Å². The second-order valence-corrected chi connectivity index (χ2v) is 3.61. The van der Waals surface area contributed by atoms with Crippen LogP contribution in [0.5, 0.6) is 5.75 Å². The van der Waals surface area contributed by atoms with Gasteiger partial charge < -0.3 is 9.67 Å². The van der Waals surface area contributed by atoms with Crippen LogP contribution < -0.4 is 5.56 Å². The fourth-order valence-corrected chi connectivity index (χ4v) is 1.46. The highest BCUT2D eigenvalue weighted by Gasteiger charge is 1.96. The minimum Gasteiger partial charge on any atom is -0.508 e. The fourth-order valence-electron chi connectivity index (χ4n) is 1.06. The van der Waals surface area contributed by atoms with Crippen molar-refractivity contribution in [2.75, 3.05) is 5.33 Å². The van der Waals surface area contributed by atoms with E-state index >= 15 is 0 Å². The van der Waals surface area contributed by atoms with Gasteiger partial charge in [0.1, 0.15) is 5.75 Å². The van der Waals surface area contributed by atoms with E-state index in [0.29, 0.717) is 6.54 Å². The summed E-state index contributed by atoms with van der Waals surface area (Å²) in [4.78, 5) is 11.2. The van der Waals surface area contributed by atoms with Crippen LogP contribution >= 0.6 is 15.9 Å². The number of unbranched alkanes of at least 4 members (excludes halogenated alkanes) is 1. The zero-order valence-electron chi connectivity index (χ0n) is 7.24. The summed E-state index contributed by atoms with van der Waals surface area (Å²) in [6.45, 7) is 0.713. The molecule has 1 rings (SSSR count). The monoisotopic (exact) mass is 245 g/mol. The largest absolute Gasteiger partial charge is 0.508 e. The Bertz CT molecular complexity index is 322. The summed E-state index contributed by atoms with van der Waals surface area (Å²) in [6.07, 6.45) is 3.63. The van der Waals surface area contributed by atoms with Gasteiger partial charge in [-0.1, -0.05) is 15.9 Å². The maximum absolute atomic E-state index is 11.2. The molecule has 0 fully saturated rings. The van der Waals surface area contributed by atoms with Gasteiger partial charge >= 0.3 is 0 Å². The van der Waals surface area contributed by atoms with Crippen molar-refractivity contribution < 1.29 is 5.11 Å². The minimum atomic E-state index is -0.144. The highest BCUT2D eigenvalue weighted by atomic mass is 79.9. The molecule has 1 aromatic heterocycles. The summed E-state index contributed by atoms with van der Waals surface area (Å²) in [5.74, 6) is 0.0294. The lowest BCUT2D eigenvalue weighted by molar-refractivity contribution is 0.470. The zero-order chi connectivity index (χ0) is 9.68. The molecule has 0 atom stereocenters. The lowest BCUT2D eigenvalue weighted by atomic mass is 10.3. The molecule has 4 heteroatoms. The molecule has 0 unspecified atom stereocenters. The number of pyridine rings is 1. The number of alkyl halides is 1. The Kier molecular flexibility index (Phi) is 4.02. The maximum Gasteiger partial charge on any atom is 0.254 e. The number of aromatic hydroxyl groups is 1. The molecule has 0 aliphatic carbocycles. The summed E-state index contributed by atoms with van der Waals surface area (Å²) < 4.78 is 1.60. The van der Waals surface area contributed by atoms with Crippen molar-refractivity contribution in [3.63, 3.8) is 0 Å². The number of halogens is 1. The summed E-state index contributed by atoms with van der Waals surface area (Å²) in [7, 11) is 0. The minimum absolute atomic E-state index is 0.0294. The molecular weight excluding hydrogens is 234 g/mol. The quantitative estimate of drug-likeness (QED) is 0.649. The van der Waals surface area contributed by atoms with Gasteiger partial charge in [-0.3, -0.25) is 4.79 Å². The molecule has 0 spiro atoms. The molecule has 0 saturated heterocycles. The van der Waals surface area contributed by atoms with Crippen LogP contribution in [0.4, 0.5) is 0 Å². The first-order valence-electron chi connectivity index (χ1n) is 4.19. The average molecular weight is 246 g/mol. The van der Waals surface area contributed by atoms with Crippen LogP contribution in [0.2, 0.25) is 0 Å². The van der Waals surface area contributed by atoms with Crippen LogP contribution in [0, 0.1) is 0 Å². The smallest absolute Gasteiger partial charge is 0.254 e. The third-order valence-corrected chi connectivity index (χ3v) is 2.32. The van der Waals surface area contributed by atoms with Crippen LogP contribution in [0.25, 0.3) is 0 Å². The van der Waals surface area contributed by atoms with Crippen molar-refractivity contribution in [3.8, 4) is 5.75 Å². The average Bonchev–Trinajstić information content (AvgIpc) is 2.09. The molecule has 3 nitrogen and oxygen atoms in total. The van der Waals surface area contributed by atoms with Crippen molar-refractivity contribution >= 4 is 15.9 Å². The predicted octanol–water partition coefficient (Wildman–Crippen LogP) is 1.73. The zero-order valence-corrected chi connectivity index (χ0v) is 8.83. The van der Waals surface area contributed by atoms with E-state index in [1.807, 2.05) is 0 Å². The molecule has 0 aliphatic rings. The van der Waals surface area contributed by atoms with E-state index in [1.165, 1.54) is 12.1 Å². The van der Waals surface area contributed by atoms with Gasteiger partial charge in [-0.25, -0.2) is 0 Å². The molecule has 72 valence electrons. The Morgan fingerprint density at radius 3 is 2.85 bits per heavy atom. The van der Waals surface area contributed by atoms with Crippen molar-refractivity contribution in [1.29, 1.82) is 0 Å². The molecule has 0 saturated carbocycles. The number of hydrogen-bond donors (Lipinski definition) is 1. The lowest BCUT2D eigenvalue weighted by Crippen LogP contribution is -2.17. The first-order chi connectivity index (χ1) is 6.24. The van der Waals surface area contributed by atoms with Crippen molar-refractivity contribution in [1.82, 2.24) is 4.57 Å². The van der Waals surface area contributed by atoms with E-state index in [9.17, 15) is 4.79 Å². The van der Waals surface area contributed by atoms with E-state index in [1.54, 1.807) is 10.8 Å². The normalized spacial score (nSPS) is 10.2. The topological polar surface area (TPSA) is 42.2 Å². The first-order valence-corrected chi connectivity index (χ1v) is 5.31. The van der Waals surface area contributed by atoms with Gasteiger partial charge in [0, 0.05) is 24.1 Å². The molecule has 0 amide bonds. The molecule has 1 N–H and O–H groups in total. The van der Waals surface area contributed by atoms with E-state index in [4.69, 9.17) is 5.11 Å². The third-order valence-electron chi connectivity index (χ3n) is 1.76. The van der Waals surface area contributed by atoms with E-state index < -0.39 is 0 Å². The number of rotatable bonds is 4. The lowest BCUT2D eigenvalue weighted by Gasteiger charge is -2.03. The van der Waals surface area contributed by atoms with E-state index in [2.05, 4.69) is 15.9 Å². The van der Waals surface area contributed by atoms with Crippen LogP contribution in [0.1, 0.15) is 12.8 Å². The van der Waals surface area contributed by atoms with Crippen molar-refractivity contribution in [3.05, 3.63) is 28.7 Å². The van der Waals surface area contributed by atoms with E-state index in [-0.39, 0.29) is 11.3 Å². The molecule has 0 radical (unpaired) electrons. The summed E-state index contributed by atoms with van der Waals surface area (Å²) in [6, 6.07) is 2.75. The molecule has 13 heavy (non-hydrogen) atoms. The molecule has 0 aromatic carbocycles. The van der Waals surface area contributed by atoms with Gasteiger partial charge in [0.25, 0.3) is 5.56 Å². The number of aryl methyl sites for hydroxylation is 1. The fraction of sp³-hybridized carbons (Fsp3) is 0.444. The van der Waals surface area contributed by atoms with Gasteiger partial charge in [-0.2, -0.15) is 0 Å². The summed E-state index contributed by atoms with van der Waals surface area (Å²) in [5, 5.41) is 9.95. The Labute approximate surface area is 85.1 Å². The number of hydrogen-bond acceptors (Lipinski definition) is 2. The van der Waals surface area contributed by atoms with Crippen LogP contribution in [-0.2, 0) is 6.54 Å². The van der Waals surface area contributed by atoms with Gasteiger partial charge in [0.15, 0.2) is 0 Å².